The average molecular weight is 243 g/mol. The van der Waals surface area contributed by atoms with Gasteiger partial charge in [0.1, 0.15) is 17.5 Å². The third kappa shape index (κ3) is 2.18. The fourth-order valence-corrected chi connectivity index (χ4v) is 1.91. The van der Waals surface area contributed by atoms with Gasteiger partial charge in [-0.05, 0) is 25.0 Å². The van der Waals surface area contributed by atoms with Gasteiger partial charge < -0.3 is 5.32 Å². The van der Waals surface area contributed by atoms with Gasteiger partial charge in [-0.3, -0.25) is 0 Å². The smallest absolute Gasteiger partial charge is 0.134 e. The first kappa shape index (κ1) is 11.1. The summed E-state index contributed by atoms with van der Waals surface area (Å²) >= 11 is 0. The Bertz CT molecular complexity index is 579. The third-order valence-corrected chi connectivity index (χ3v) is 3.06. The van der Waals surface area contributed by atoms with E-state index in [9.17, 15) is 4.39 Å². The summed E-state index contributed by atoms with van der Waals surface area (Å²) in [5, 5.41) is 3.03. The maximum atomic E-state index is 13.2. The van der Waals surface area contributed by atoms with Gasteiger partial charge in [-0.15, -0.1) is 0 Å². The Balaban J connectivity index is 2.07. The van der Waals surface area contributed by atoms with Crippen LogP contribution in [0.4, 0.5) is 10.2 Å². The molecule has 1 fully saturated rings. The van der Waals surface area contributed by atoms with E-state index in [1.54, 1.807) is 6.07 Å². The predicted molar refractivity (Wildman–Crippen MR) is 68.9 cm³/mol. The molecule has 3 rings (SSSR count). The van der Waals surface area contributed by atoms with Gasteiger partial charge in [0, 0.05) is 24.6 Å². The first-order chi connectivity index (χ1) is 8.76. The summed E-state index contributed by atoms with van der Waals surface area (Å²) in [7, 11) is 1.83. The van der Waals surface area contributed by atoms with E-state index in [0.717, 1.165) is 35.7 Å². The number of hydrogen-bond acceptors (Lipinski definition) is 3. The van der Waals surface area contributed by atoms with Crippen molar-refractivity contribution in [3.8, 4) is 11.3 Å². The van der Waals surface area contributed by atoms with Gasteiger partial charge >= 0.3 is 0 Å². The fraction of sp³-hybridized carbons (Fsp3) is 0.286. The van der Waals surface area contributed by atoms with Crippen LogP contribution in [-0.4, -0.2) is 17.0 Å². The second-order valence-corrected chi connectivity index (χ2v) is 4.53. The largest absolute Gasteiger partial charge is 0.373 e. The molecule has 2 aromatic rings. The monoisotopic (exact) mass is 243 g/mol. The molecule has 1 heterocycles. The Hall–Kier alpha value is -1.97. The number of rotatable bonds is 3. The van der Waals surface area contributed by atoms with Crippen molar-refractivity contribution in [2.45, 2.75) is 18.8 Å². The molecule has 0 saturated heterocycles. The zero-order chi connectivity index (χ0) is 12.5. The van der Waals surface area contributed by atoms with Crippen molar-refractivity contribution in [3.63, 3.8) is 0 Å². The van der Waals surface area contributed by atoms with E-state index < -0.39 is 0 Å². The number of aromatic nitrogens is 2. The van der Waals surface area contributed by atoms with Crippen LogP contribution in [0.25, 0.3) is 11.3 Å². The summed E-state index contributed by atoms with van der Waals surface area (Å²) in [6, 6.07) is 8.34. The minimum absolute atomic E-state index is 0.245. The number of benzene rings is 1. The van der Waals surface area contributed by atoms with Crippen molar-refractivity contribution in [3.05, 3.63) is 42.0 Å². The van der Waals surface area contributed by atoms with Crippen molar-refractivity contribution in [2.24, 2.45) is 0 Å². The van der Waals surface area contributed by atoms with Crippen LogP contribution in [-0.2, 0) is 0 Å². The number of halogens is 1. The van der Waals surface area contributed by atoms with Crippen molar-refractivity contribution in [1.29, 1.82) is 0 Å². The Kier molecular flexibility index (Phi) is 2.70. The quantitative estimate of drug-likeness (QED) is 0.899. The molecule has 18 heavy (non-hydrogen) atoms. The second kappa shape index (κ2) is 4.37. The topological polar surface area (TPSA) is 37.8 Å². The molecule has 92 valence electrons. The van der Waals surface area contributed by atoms with Gasteiger partial charge in [0.2, 0.25) is 0 Å². The molecule has 1 aromatic carbocycles. The lowest BCUT2D eigenvalue weighted by molar-refractivity contribution is 0.628. The maximum Gasteiger partial charge on any atom is 0.134 e. The number of nitrogens with zero attached hydrogens (tertiary/aromatic N) is 2. The van der Waals surface area contributed by atoms with Crippen molar-refractivity contribution in [1.82, 2.24) is 9.97 Å². The van der Waals surface area contributed by atoms with Crippen LogP contribution in [0.3, 0.4) is 0 Å². The van der Waals surface area contributed by atoms with Crippen molar-refractivity contribution < 1.29 is 4.39 Å². The first-order valence-corrected chi connectivity index (χ1v) is 6.09. The summed E-state index contributed by atoms with van der Waals surface area (Å²) < 4.78 is 13.2. The van der Waals surface area contributed by atoms with Gasteiger partial charge in [-0.1, -0.05) is 12.1 Å². The summed E-state index contributed by atoms with van der Waals surface area (Å²) in [4.78, 5) is 8.98. The van der Waals surface area contributed by atoms with Crippen molar-refractivity contribution >= 4 is 5.82 Å². The molecule has 0 bridgehead atoms. The SMILES string of the molecule is CNc1cc(-c2cccc(F)c2)nc(C2CC2)n1. The zero-order valence-corrected chi connectivity index (χ0v) is 10.2. The Morgan fingerprint density at radius 3 is 2.72 bits per heavy atom. The van der Waals surface area contributed by atoms with E-state index in [2.05, 4.69) is 15.3 Å². The molecule has 1 N–H and O–H groups in total. The summed E-state index contributed by atoms with van der Waals surface area (Å²) in [5.74, 6) is 1.88. The zero-order valence-electron chi connectivity index (χ0n) is 10.2. The summed E-state index contributed by atoms with van der Waals surface area (Å²) in [6.45, 7) is 0. The van der Waals surface area contributed by atoms with Crippen LogP contribution in [0.15, 0.2) is 30.3 Å². The normalized spacial score (nSPS) is 14.6. The predicted octanol–water partition coefficient (Wildman–Crippen LogP) is 3.20. The van der Waals surface area contributed by atoms with E-state index >= 15 is 0 Å². The Morgan fingerprint density at radius 1 is 1.22 bits per heavy atom. The van der Waals surface area contributed by atoms with Gasteiger partial charge in [0.05, 0.1) is 5.69 Å². The van der Waals surface area contributed by atoms with Crippen LogP contribution in [0, 0.1) is 5.82 Å². The molecule has 0 radical (unpaired) electrons. The van der Waals surface area contributed by atoms with Crippen LogP contribution >= 0.6 is 0 Å². The van der Waals surface area contributed by atoms with Crippen molar-refractivity contribution in [2.75, 3.05) is 12.4 Å². The molecule has 1 saturated carbocycles. The number of nitrogens with one attached hydrogen (secondary N) is 1. The van der Waals surface area contributed by atoms with Gasteiger partial charge in [-0.2, -0.15) is 0 Å². The van der Waals surface area contributed by atoms with E-state index in [0.29, 0.717) is 5.92 Å². The van der Waals surface area contributed by atoms with Crippen LogP contribution in [0.2, 0.25) is 0 Å². The maximum absolute atomic E-state index is 13.2. The molecule has 0 unspecified atom stereocenters. The molecule has 0 aliphatic heterocycles. The average Bonchev–Trinajstić information content (AvgIpc) is 3.22. The highest BCUT2D eigenvalue weighted by atomic mass is 19.1. The van der Waals surface area contributed by atoms with E-state index in [-0.39, 0.29) is 5.82 Å². The van der Waals surface area contributed by atoms with E-state index in [1.165, 1.54) is 12.1 Å². The summed E-state index contributed by atoms with van der Waals surface area (Å²) in [5.41, 5.74) is 1.56. The van der Waals surface area contributed by atoms with E-state index in [4.69, 9.17) is 0 Å². The Labute approximate surface area is 105 Å². The molecular formula is C14H14FN3. The summed E-state index contributed by atoms with van der Waals surface area (Å²) in [6.07, 6.45) is 2.30. The highest BCUT2D eigenvalue weighted by Gasteiger charge is 2.27. The second-order valence-electron chi connectivity index (χ2n) is 4.53. The molecule has 3 nitrogen and oxygen atoms in total. The van der Waals surface area contributed by atoms with Crippen LogP contribution in [0.1, 0.15) is 24.6 Å². The molecule has 0 amide bonds. The number of anilines is 1. The van der Waals surface area contributed by atoms with Gasteiger partial charge in [-0.25, -0.2) is 14.4 Å². The third-order valence-electron chi connectivity index (χ3n) is 3.06. The standard InChI is InChI=1S/C14H14FN3/c1-16-13-8-12(10-3-2-4-11(15)7-10)17-14(18-13)9-5-6-9/h2-4,7-9H,5-6H2,1H3,(H,16,17,18). The van der Waals surface area contributed by atoms with E-state index in [1.807, 2.05) is 19.2 Å². The first-order valence-electron chi connectivity index (χ1n) is 6.09. The molecule has 4 heteroatoms. The van der Waals surface area contributed by atoms with Gasteiger partial charge in [0.25, 0.3) is 0 Å². The fourth-order valence-electron chi connectivity index (χ4n) is 1.91. The van der Waals surface area contributed by atoms with Gasteiger partial charge in [0.15, 0.2) is 0 Å². The minimum Gasteiger partial charge on any atom is -0.373 e. The molecule has 0 atom stereocenters. The molecule has 1 aromatic heterocycles. The van der Waals surface area contributed by atoms with Crippen LogP contribution in [0.5, 0.6) is 0 Å². The highest BCUT2D eigenvalue weighted by molar-refractivity contribution is 5.62. The molecule has 1 aliphatic carbocycles. The highest BCUT2D eigenvalue weighted by Crippen LogP contribution is 2.39. The minimum atomic E-state index is -0.245. The van der Waals surface area contributed by atoms with Crippen LogP contribution < -0.4 is 5.32 Å². The molecule has 0 spiro atoms. The lowest BCUT2D eigenvalue weighted by atomic mass is 10.1. The molecule has 1 aliphatic rings. The molecular weight excluding hydrogens is 229 g/mol. The lowest BCUT2D eigenvalue weighted by Crippen LogP contribution is -2.00. The lowest BCUT2D eigenvalue weighted by Gasteiger charge is -2.07. The Morgan fingerprint density at radius 2 is 2.06 bits per heavy atom. The number of hydrogen-bond donors (Lipinski definition) is 1.